The summed E-state index contributed by atoms with van der Waals surface area (Å²) in [5, 5.41) is 7.33. The Morgan fingerprint density at radius 2 is 2.06 bits per heavy atom. The summed E-state index contributed by atoms with van der Waals surface area (Å²) in [6.45, 7) is 1.77. The lowest BCUT2D eigenvalue weighted by atomic mass is 10.1. The van der Waals surface area contributed by atoms with Crippen molar-refractivity contribution in [3.63, 3.8) is 0 Å². The first-order valence-electron chi connectivity index (χ1n) is 6.35. The topological polar surface area (TPSA) is 49.8 Å². The molecule has 2 N–H and O–H groups in total. The average molecular weight is 253 g/mol. The number of halogens is 1. The van der Waals surface area contributed by atoms with Gasteiger partial charge in [0.1, 0.15) is 5.15 Å². The molecule has 3 rings (SSSR count). The van der Waals surface area contributed by atoms with E-state index >= 15 is 0 Å². The molecule has 0 radical (unpaired) electrons. The van der Waals surface area contributed by atoms with E-state index in [1.807, 2.05) is 0 Å². The van der Waals surface area contributed by atoms with E-state index in [0.717, 1.165) is 30.8 Å². The number of aromatic nitrogens is 2. The Balaban J connectivity index is 1.82. The predicted octanol–water partition coefficient (Wildman–Crippen LogP) is 2.13. The van der Waals surface area contributed by atoms with Gasteiger partial charge in [0.2, 0.25) is 5.95 Å². The molecule has 4 nitrogen and oxygen atoms in total. The van der Waals surface area contributed by atoms with Crippen LogP contribution < -0.4 is 10.6 Å². The Morgan fingerprint density at radius 3 is 2.88 bits per heavy atom. The Hall–Kier alpha value is -0.870. The van der Waals surface area contributed by atoms with Crippen molar-refractivity contribution in [1.82, 2.24) is 15.3 Å². The van der Waals surface area contributed by atoms with Crippen LogP contribution in [0.25, 0.3) is 0 Å². The lowest BCUT2D eigenvalue weighted by molar-refractivity contribution is 0.622. The van der Waals surface area contributed by atoms with Crippen molar-refractivity contribution in [2.45, 2.75) is 44.7 Å². The molecule has 0 bridgehead atoms. The van der Waals surface area contributed by atoms with E-state index in [1.54, 1.807) is 0 Å². The second kappa shape index (κ2) is 4.78. The molecule has 0 aromatic carbocycles. The van der Waals surface area contributed by atoms with Crippen molar-refractivity contribution in [1.29, 1.82) is 0 Å². The third kappa shape index (κ3) is 2.38. The highest BCUT2D eigenvalue weighted by molar-refractivity contribution is 6.30. The molecule has 1 aliphatic carbocycles. The minimum Gasteiger partial charge on any atom is -0.351 e. The first-order chi connectivity index (χ1) is 8.33. The number of hydrogen-bond donors (Lipinski definition) is 2. The summed E-state index contributed by atoms with van der Waals surface area (Å²) >= 11 is 6.21. The molecule has 0 unspecified atom stereocenters. The van der Waals surface area contributed by atoms with Gasteiger partial charge in [-0.1, -0.05) is 24.4 Å². The molecule has 0 saturated heterocycles. The maximum absolute atomic E-state index is 6.21. The second-order valence-corrected chi connectivity index (χ2v) is 5.17. The summed E-state index contributed by atoms with van der Waals surface area (Å²) < 4.78 is 0. The third-order valence-electron chi connectivity index (χ3n) is 3.57. The molecular weight excluding hydrogens is 236 g/mol. The van der Waals surface area contributed by atoms with Crippen LogP contribution in [-0.4, -0.2) is 22.6 Å². The molecule has 2 aliphatic rings. The minimum atomic E-state index is 0.528. The van der Waals surface area contributed by atoms with Crippen molar-refractivity contribution in [2.24, 2.45) is 0 Å². The molecule has 5 heteroatoms. The van der Waals surface area contributed by atoms with E-state index in [-0.39, 0.29) is 0 Å². The maximum atomic E-state index is 6.21. The summed E-state index contributed by atoms with van der Waals surface area (Å²) in [5.41, 5.74) is 2.17. The van der Waals surface area contributed by atoms with Crippen LogP contribution in [0.3, 0.4) is 0 Å². The molecule has 0 spiro atoms. The SMILES string of the molecule is Clc1nc(NC2CCCC2)nc2c1CCNC2. The van der Waals surface area contributed by atoms with Crippen LogP contribution in [0.2, 0.25) is 5.15 Å². The van der Waals surface area contributed by atoms with Crippen LogP contribution >= 0.6 is 11.6 Å². The van der Waals surface area contributed by atoms with Gasteiger partial charge in [-0.2, -0.15) is 0 Å². The fourth-order valence-corrected chi connectivity index (χ4v) is 2.91. The lowest BCUT2D eigenvalue weighted by Gasteiger charge is -2.19. The van der Waals surface area contributed by atoms with Crippen LogP contribution in [0.15, 0.2) is 0 Å². The Morgan fingerprint density at radius 1 is 1.24 bits per heavy atom. The van der Waals surface area contributed by atoms with Crippen molar-refractivity contribution in [2.75, 3.05) is 11.9 Å². The predicted molar refractivity (Wildman–Crippen MR) is 68.3 cm³/mol. The number of fused-ring (bicyclic) bond motifs is 1. The quantitative estimate of drug-likeness (QED) is 0.792. The summed E-state index contributed by atoms with van der Waals surface area (Å²) in [5.74, 6) is 0.698. The van der Waals surface area contributed by atoms with Crippen LogP contribution in [-0.2, 0) is 13.0 Å². The minimum absolute atomic E-state index is 0.528. The smallest absolute Gasteiger partial charge is 0.224 e. The van der Waals surface area contributed by atoms with Gasteiger partial charge in [0.05, 0.1) is 5.69 Å². The van der Waals surface area contributed by atoms with E-state index in [0.29, 0.717) is 17.1 Å². The molecule has 1 aromatic rings. The maximum Gasteiger partial charge on any atom is 0.224 e. The normalized spacial score (nSPS) is 20.3. The van der Waals surface area contributed by atoms with Gasteiger partial charge < -0.3 is 10.6 Å². The van der Waals surface area contributed by atoms with Crippen molar-refractivity contribution >= 4 is 17.5 Å². The van der Waals surface area contributed by atoms with E-state index < -0.39 is 0 Å². The van der Waals surface area contributed by atoms with Gasteiger partial charge in [0.15, 0.2) is 0 Å². The van der Waals surface area contributed by atoms with E-state index in [4.69, 9.17) is 11.6 Å². The van der Waals surface area contributed by atoms with Crippen molar-refractivity contribution in [3.8, 4) is 0 Å². The van der Waals surface area contributed by atoms with Gasteiger partial charge in [-0.25, -0.2) is 9.97 Å². The zero-order chi connectivity index (χ0) is 11.7. The highest BCUT2D eigenvalue weighted by atomic mass is 35.5. The summed E-state index contributed by atoms with van der Waals surface area (Å²) in [7, 11) is 0. The van der Waals surface area contributed by atoms with Crippen molar-refractivity contribution in [3.05, 3.63) is 16.4 Å². The molecule has 1 aromatic heterocycles. The summed E-state index contributed by atoms with van der Waals surface area (Å²) in [4.78, 5) is 8.93. The standard InChI is InChI=1S/C12H17ClN4/c13-11-9-5-6-14-7-10(9)16-12(17-11)15-8-3-1-2-4-8/h8,14H,1-7H2,(H,15,16,17). The number of nitrogens with zero attached hydrogens (tertiary/aromatic N) is 2. The number of hydrogen-bond acceptors (Lipinski definition) is 4. The fraction of sp³-hybridized carbons (Fsp3) is 0.667. The Kier molecular flexibility index (Phi) is 3.16. The van der Waals surface area contributed by atoms with Gasteiger partial charge in [-0.3, -0.25) is 0 Å². The molecule has 17 heavy (non-hydrogen) atoms. The summed E-state index contributed by atoms with van der Waals surface area (Å²) in [6.07, 6.45) is 5.97. The first-order valence-corrected chi connectivity index (χ1v) is 6.73. The highest BCUT2D eigenvalue weighted by Gasteiger charge is 2.19. The molecule has 1 saturated carbocycles. The van der Waals surface area contributed by atoms with Gasteiger partial charge in [0, 0.05) is 18.2 Å². The fourth-order valence-electron chi connectivity index (χ4n) is 2.63. The summed E-state index contributed by atoms with van der Waals surface area (Å²) in [6, 6.07) is 0.528. The molecular formula is C12H17ClN4. The molecule has 0 atom stereocenters. The van der Waals surface area contributed by atoms with Crippen LogP contribution in [0.4, 0.5) is 5.95 Å². The lowest BCUT2D eigenvalue weighted by Crippen LogP contribution is -2.26. The number of anilines is 1. The van der Waals surface area contributed by atoms with Crippen LogP contribution in [0.5, 0.6) is 0 Å². The Labute approximate surface area is 106 Å². The number of nitrogens with one attached hydrogen (secondary N) is 2. The van der Waals surface area contributed by atoms with Crippen LogP contribution in [0, 0.1) is 0 Å². The molecule has 1 fully saturated rings. The van der Waals surface area contributed by atoms with Gasteiger partial charge in [-0.15, -0.1) is 0 Å². The molecule has 0 amide bonds. The molecule has 92 valence electrons. The largest absolute Gasteiger partial charge is 0.351 e. The van der Waals surface area contributed by atoms with Gasteiger partial charge in [-0.05, 0) is 25.8 Å². The number of rotatable bonds is 2. The monoisotopic (exact) mass is 252 g/mol. The van der Waals surface area contributed by atoms with E-state index in [9.17, 15) is 0 Å². The first kappa shape index (κ1) is 11.2. The second-order valence-electron chi connectivity index (χ2n) is 4.82. The van der Waals surface area contributed by atoms with E-state index in [2.05, 4.69) is 20.6 Å². The van der Waals surface area contributed by atoms with Crippen molar-refractivity contribution < 1.29 is 0 Å². The van der Waals surface area contributed by atoms with Crippen LogP contribution in [0.1, 0.15) is 36.9 Å². The highest BCUT2D eigenvalue weighted by Crippen LogP contribution is 2.24. The third-order valence-corrected chi connectivity index (χ3v) is 3.89. The zero-order valence-electron chi connectivity index (χ0n) is 9.80. The molecule has 2 heterocycles. The van der Waals surface area contributed by atoms with Gasteiger partial charge >= 0.3 is 0 Å². The molecule has 1 aliphatic heterocycles. The van der Waals surface area contributed by atoms with E-state index in [1.165, 1.54) is 25.7 Å². The average Bonchev–Trinajstić information content (AvgIpc) is 2.82. The zero-order valence-corrected chi connectivity index (χ0v) is 10.6. The Bertz CT molecular complexity index is 415. The van der Waals surface area contributed by atoms with Gasteiger partial charge in [0.25, 0.3) is 0 Å².